The third-order valence-electron chi connectivity index (χ3n) is 2.53. The van der Waals surface area contributed by atoms with Crippen molar-refractivity contribution in [1.29, 1.82) is 0 Å². The molecule has 1 aliphatic heterocycles. The number of nitrogens with zero attached hydrogens (tertiary/aromatic N) is 4. The first-order valence-corrected chi connectivity index (χ1v) is 4.93. The van der Waals surface area contributed by atoms with E-state index in [2.05, 4.69) is 4.98 Å². The van der Waals surface area contributed by atoms with Gasteiger partial charge in [0.2, 0.25) is 0 Å². The smallest absolute Gasteiger partial charge is 0.274 e. The Balaban J connectivity index is 2.02. The Kier molecular flexibility index (Phi) is 2.70. The topological polar surface area (TPSA) is 67.4 Å². The summed E-state index contributed by atoms with van der Waals surface area (Å²) in [6, 6.07) is 0. The van der Waals surface area contributed by atoms with E-state index < -0.39 is 0 Å². The highest BCUT2D eigenvalue weighted by Gasteiger charge is 2.21. The van der Waals surface area contributed by atoms with Gasteiger partial charge in [0, 0.05) is 39.4 Å². The quantitative estimate of drug-likeness (QED) is 0.606. The van der Waals surface area contributed by atoms with Gasteiger partial charge in [-0.2, -0.15) is 0 Å². The lowest BCUT2D eigenvalue weighted by molar-refractivity contribution is 0.0632. The van der Waals surface area contributed by atoms with Gasteiger partial charge in [0.1, 0.15) is 5.69 Å². The van der Waals surface area contributed by atoms with Crippen LogP contribution in [0.5, 0.6) is 0 Å². The maximum absolute atomic E-state index is 11.9. The van der Waals surface area contributed by atoms with E-state index >= 15 is 0 Å². The number of hydrogen-bond donors (Lipinski definition) is 1. The van der Waals surface area contributed by atoms with Crippen molar-refractivity contribution in [2.75, 3.05) is 26.2 Å². The monoisotopic (exact) mass is 209 g/mol. The Labute approximate surface area is 88.2 Å². The number of hydrazine groups is 1. The average molecular weight is 209 g/mol. The molecule has 82 valence electrons. The lowest BCUT2D eigenvalue weighted by Gasteiger charge is -2.31. The van der Waals surface area contributed by atoms with Crippen LogP contribution in [0.2, 0.25) is 0 Å². The van der Waals surface area contributed by atoms with Crippen LogP contribution in [0.15, 0.2) is 12.5 Å². The SMILES string of the molecule is Cn1cnc(C(=O)N2CCN(N)CC2)c1. The van der Waals surface area contributed by atoms with E-state index in [1.54, 1.807) is 27.0 Å². The number of hydrogen-bond acceptors (Lipinski definition) is 4. The molecule has 0 atom stereocenters. The van der Waals surface area contributed by atoms with Gasteiger partial charge in [-0.1, -0.05) is 0 Å². The van der Waals surface area contributed by atoms with Crippen molar-refractivity contribution in [2.24, 2.45) is 12.9 Å². The van der Waals surface area contributed by atoms with Gasteiger partial charge < -0.3 is 9.47 Å². The first kappa shape index (κ1) is 10.1. The molecule has 0 spiro atoms. The highest BCUT2D eigenvalue weighted by atomic mass is 16.2. The zero-order valence-corrected chi connectivity index (χ0v) is 8.76. The van der Waals surface area contributed by atoms with Crippen LogP contribution in [-0.4, -0.2) is 51.5 Å². The Hall–Kier alpha value is -1.40. The minimum absolute atomic E-state index is 0.0105. The fourth-order valence-electron chi connectivity index (χ4n) is 1.61. The Morgan fingerprint density at radius 3 is 2.60 bits per heavy atom. The molecule has 1 fully saturated rings. The summed E-state index contributed by atoms with van der Waals surface area (Å²) in [6.45, 7) is 2.79. The van der Waals surface area contributed by atoms with Gasteiger partial charge in [-0.25, -0.2) is 9.99 Å². The second-order valence-corrected chi connectivity index (χ2v) is 3.75. The molecule has 15 heavy (non-hydrogen) atoms. The van der Waals surface area contributed by atoms with E-state index in [-0.39, 0.29) is 5.91 Å². The molecular formula is C9H15N5O. The summed E-state index contributed by atoms with van der Waals surface area (Å²) in [5.74, 6) is 5.61. The van der Waals surface area contributed by atoms with Crippen LogP contribution in [0.25, 0.3) is 0 Å². The molecule has 1 aromatic rings. The number of piperazine rings is 1. The van der Waals surface area contributed by atoms with Crippen molar-refractivity contribution in [2.45, 2.75) is 0 Å². The maximum atomic E-state index is 11.9. The second-order valence-electron chi connectivity index (χ2n) is 3.75. The lowest BCUT2D eigenvalue weighted by Crippen LogP contribution is -2.51. The van der Waals surface area contributed by atoms with Crippen LogP contribution in [0.4, 0.5) is 0 Å². The summed E-state index contributed by atoms with van der Waals surface area (Å²) in [4.78, 5) is 17.7. The molecule has 1 saturated heterocycles. The first-order chi connectivity index (χ1) is 7.16. The number of imidazole rings is 1. The number of nitrogens with two attached hydrogens (primary N) is 1. The number of aryl methyl sites for hydroxylation is 1. The highest BCUT2D eigenvalue weighted by Crippen LogP contribution is 2.04. The second kappa shape index (κ2) is 4.00. The number of carbonyl (C=O) groups excluding carboxylic acids is 1. The molecule has 1 aromatic heterocycles. The van der Waals surface area contributed by atoms with E-state index in [0.717, 1.165) is 13.1 Å². The molecule has 6 heteroatoms. The highest BCUT2D eigenvalue weighted by molar-refractivity contribution is 5.92. The zero-order valence-electron chi connectivity index (χ0n) is 8.76. The van der Waals surface area contributed by atoms with Crippen LogP contribution in [0.3, 0.4) is 0 Å². The van der Waals surface area contributed by atoms with Gasteiger partial charge in [-0.15, -0.1) is 0 Å². The predicted molar refractivity (Wildman–Crippen MR) is 54.9 cm³/mol. The average Bonchev–Trinajstić information content (AvgIpc) is 2.65. The standard InChI is InChI=1S/C9H15N5O/c1-12-6-8(11-7-12)9(15)13-2-4-14(10)5-3-13/h6-7H,2-5,10H2,1H3. The van der Waals surface area contributed by atoms with Crippen molar-refractivity contribution < 1.29 is 4.79 Å². The predicted octanol–water partition coefficient (Wildman–Crippen LogP) is -0.948. The summed E-state index contributed by atoms with van der Waals surface area (Å²) in [7, 11) is 1.85. The van der Waals surface area contributed by atoms with Gasteiger partial charge in [0.25, 0.3) is 5.91 Å². The summed E-state index contributed by atoms with van der Waals surface area (Å²) in [5.41, 5.74) is 0.503. The number of rotatable bonds is 1. The van der Waals surface area contributed by atoms with Gasteiger partial charge in [-0.3, -0.25) is 10.6 Å². The molecule has 0 radical (unpaired) electrons. The molecule has 2 heterocycles. The number of amides is 1. The van der Waals surface area contributed by atoms with Gasteiger partial charge >= 0.3 is 0 Å². The molecule has 0 unspecified atom stereocenters. The van der Waals surface area contributed by atoms with E-state index in [1.165, 1.54) is 0 Å². The zero-order chi connectivity index (χ0) is 10.8. The van der Waals surface area contributed by atoms with Crippen LogP contribution in [0, 0.1) is 0 Å². The number of carbonyl (C=O) groups is 1. The molecule has 6 nitrogen and oxygen atoms in total. The third kappa shape index (κ3) is 2.16. The van der Waals surface area contributed by atoms with Crippen molar-refractivity contribution >= 4 is 5.91 Å². The van der Waals surface area contributed by atoms with Crippen LogP contribution < -0.4 is 5.84 Å². The van der Waals surface area contributed by atoms with Gasteiger partial charge in [0.05, 0.1) is 6.33 Å². The Bertz CT molecular complexity index is 353. The van der Waals surface area contributed by atoms with Crippen molar-refractivity contribution in [3.63, 3.8) is 0 Å². The molecule has 0 aliphatic carbocycles. The van der Waals surface area contributed by atoms with Crippen LogP contribution in [0.1, 0.15) is 10.5 Å². The summed E-state index contributed by atoms with van der Waals surface area (Å²) in [5, 5.41) is 1.72. The fraction of sp³-hybridized carbons (Fsp3) is 0.556. The molecular weight excluding hydrogens is 194 g/mol. The minimum atomic E-state index is -0.0105. The molecule has 1 aliphatic rings. The van der Waals surface area contributed by atoms with E-state index in [1.807, 2.05) is 7.05 Å². The Morgan fingerprint density at radius 2 is 2.07 bits per heavy atom. The van der Waals surface area contributed by atoms with Crippen molar-refractivity contribution in [1.82, 2.24) is 19.5 Å². The van der Waals surface area contributed by atoms with E-state index in [9.17, 15) is 4.79 Å². The van der Waals surface area contributed by atoms with E-state index in [0.29, 0.717) is 18.8 Å². The number of aromatic nitrogens is 2. The largest absolute Gasteiger partial charge is 0.340 e. The third-order valence-corrected chi connectivity index (χ3v) is 2.53. The van der Waals surface area contributed by atoms with Crippen molar-refractivity contribution in [3.8, 4) is 0 Å². The molecule has 0 saturated carbocycles. The molecule has 2 N–H and O–H groups in total. The summed E-state index contributed by atoms with van der Waals surface area (Å²) < 4.78 is 1.77. The lowest BCUT2D eigenvalue weighted by atomic mass is 10.3. The van der Waals surface area contributed by atoms with E-state index in [4.69, 9.17) is 5.84 Å². The normalized spacial score (nSPS) is 18.1. The molecule has 1 amide bonds. The van der Waals surface area contributed by atoms with Crippen LogP contribution in [-0.2, 0) is 7.05 Å². The Morgan fingerprint density at radius 1 is 1.40 bits per heavy atom. The molecule has 0 aromatic carbocycles. The molecule has 2 rings (SSSR count). The summed E-state index contributed by atoms with van der Waals surface area (Å²) in [6.07, 6.45) is 3.36. The first-order valence-electron chi connectivity index (χ1n) is 4.93. The van der Waals surface area contributed by atoms with Crippen molar-refractivity contribution in [3.05, 3.63) is 18.2 Å². The molecule has 0 bridgehead atoms. The maximum Gasteiger partial charge on any atom is 0.274 e. The minimum Gasteiger partial charge on any atom is -0.340 e. The van der Waals surface area contributed by atoms with Gasteiger partial charge in [0.15, 0.2) is 0 Å². The van der Waals surface area contributed by atoms with Crippen LogP contribution >= 0.6 is 0 Å². The van der Waals surface area contributed by atoms with Gasteiger partial charge in [-0.05, 0) is 0 Å². The fourth-order valence-corrected chi connectivity index (χ4v) is 1.61. The summed E-state index contributed by atoms with van der Waals surface area (Å²) >= 11 is 0.